The van der Waals surface area contributed by atoms with Crippen molar-refractivity contribution in [3.05, 3.63) is 14.9 Å². The van der Waals surface area contributed by atoms with Crippen LogP contribution in [0, 0.1) is 11.3 Å². The first kappa shape index (κ1) is 17.0. The van der Waals surface area contributed by atoms with Crippen molar-refractivity contribution in [2.75, 3.05) is 19.0 Å². The highest BCUT2D eigenvalue weighted by Crippen LogP contribution is 2.39. The number of thioether (sulfide) groups is 1. The third-order valence-electron chi connectivity index (χ3n) is 2.02. The molecule has 108 valence electrons. The first-order valence-corrected chi connectivity index (χ1v) is 8.32. The third-order valence-corrected chi connectivity index (χ3v) is 5.49. The molecule has 1 aromatic heterocycles. The molecule has 1 rings (SSSR count). The summed E-state index contributed by atoms with van der Waals surface area (Å²) in [6.07, 6.45) is 0. The number of rotatable bonds is 6. The van der Waals surface area contributed by atoms with E-state index in [0.717, 1.165) is 11.3 Å². The molecule has 0 aromatic carbocycles. The Kier molecular flexibility index (Phi) is 7.05. The smallest absolute Gasteiger partial charge is 0.349 e. The zero-order valence-electron chi connectivity index (χ0n) is 10.9. The molecule has 5 nitrogen and oxygen atoms in total. The minimum absolute atomic E-state index is 0.0950. The number of hydrogen-bond acceptors (Lipinski definition) is 7. The maximum absolute atomic E-state index is 11.7. The van der Waals surface area contributed by atoms with Crippen molar-refractivity contribution in [1.29, 1.82) is 5.26 Å². The number of thiophene rings is 1. The summed E-state index contributed by atoms with van der Waals surface area (Å²) in [4.78, 5) is 23.4. The molecule has 8 heteroatoms. The summed E-state index contributed by atoms with van der Waals surface area (Å²) in [5.74, 6) is -0.745. The van der Waals surface area contributed by atoms with E-state index in [1.165, 1.54) is 11.8 Å². The van der Waals surface area contributed by atoms with E-state index in [2.05, 4.69) is 15.9 Å². The molecule has 0 saturated heterocycles. The summed E-state index contributed by atoms with van der Waals surface area (Å²) in [5.41, 5.74) is 0.340. The van der Waals surface area contributed by atoms with E-state index in [9.17, 15) is 9.59 Å². The molecule has 0 atom stereocenters. The lowest BCUT2D eigenvalue weighted by atomic mass is 10.3. The van der Waals surface area contributed by atoms with E-state index in [0.29, 0.717) is 25.7 Å². The van der Waals surface area contributed by atoms with Crippen molar-refractivity contribution in [1.82, 2.24) is 0 Å². The van der Waals surface area contributed by atoms with Crippen LogP contribution in [0.4, 0.5) is 0 Å². The van der Waals surface area contributed by atoms with Crippen molar-refractivity contribution in [3.8, 4) is 6.07 Å². The van der Waals surface area contributed by atoms with Crippen LogP contribution in [0.15, 0.2) is 8.68 Å². The van der Waals surface area contributed by atoms with Gasteiger partial charge in [0.15, 0.2) is 0 Å². The van der Waals surface area contributed by atoms with Crippen molar-refractivity contribution >= 4 is 51.0 Å². The molecular formula is C12H12BrNO4S2. The van der Waals surface area contributed by atoms with Gasteiger partial charge in [0.2, 0.25) is 0 Å². The maximum Gasteiger partial charge on any atom is 0.349 e. The van der Waals surface area contributed by atoms with E-state index in [-0.39, 0.29) is 18.3 Å². The van der Waals surface area contributed by atoms with Crippen LogP contribution in [0.3, 0.4) is 0 Å². The Labute approximate surface area is 133 Å². The van der Waals surface area contributed by atoms with Crippen molar-refractivity contribution in [2.45, 2.75) is 18.1 Å². The molecule has 0 radical (unpaired) electrons. The van der Waals surface area contributed by atoms with Crippen LogP contribution >= 0.6 is 39.0 Å². The van der Waals surface area contributed by atoms with Gasteiger partial charge in [-0.05, 0) is 29.8 Å². The lowest BCUT2D eigenvalue weighted by Crippen LogP contribution is -2.06. The Hall–Kier alpha value is -1.04. The van der Waals surface area contributed by atoms with Gasteiger partial charge in [0.25, 0.3) is 0 Å². The van der Waals surface area contributed by atoms with E-state index in [1.807, 2.05) is 6.07 Å². The lowest BCUT2D eigenvalue weighted by Gasteiger charge is -2.00. The number of hydrogen-bond donors (Lipinski definition) is 0. The van der Waals surface area contributed by atoms with Gasteiger partial charge in [0.1, 0.15) is 10.9 Å². The lowest BCUT2D eigenvalue weighted by molar-refractivity contribution is -0.139. The van der Waals surface area contributed by atoms with Crippen molar-refractivity contribution < 1.29 is 19.1 Å². The zero-order valence-corrected chi connectivity index (χ0v) is 14.1. The number of nitrogens with zero attached hydrogens (tertiary/aromatic N) is 1. The largest absolute Gasteiger partial charge is 0.465 e. The third kappa shape index (κ3) is 4.23. The van der Waals surface area contributed by atoms with Gasteiger partial charge in [-0.2, -0.15) is 5.26 Å². The fourth-order valence-corrected chi connectivity index (χ4v) is 4.25. The maximum atomic E-state index is 11.7. The second kappa shape index (κ2) is 8.29. The molecule has 0 spiro atoms. The first-order valence-electron chi connectivity index (χ1n) is 5.73. The molecule has 0 fully saturated rings. The summed E-state index contributed by atoms with van der Waals surface area (Å²) < 4.78 is 10.7. The monoisotopic (exact) mass is 377 g/mol. The summed E-state index contributed by atoms with van der Waals surface area (Å²) in [7, 11) is 0. The highest BCUT2D eigenvalue weighted by Gasteiger charge is 2.23. The Bertz CT molecular complexity index is 550. The fraction of sp³-hybridized carbons (Fsp3) is 0.417. The van der Waals surface area contributed by atoms with Crippen LogP contribution in [0.5, 0.6) is 0 Å². The van der Waals surface area contributed by atoms with E-state index in [4.69, 9.17) is 14.7 Å². The summed E-state index contributed by atoms with van der Waals surface area (Å²) in [6.45, 7) is 4.01. The van der Waals surface area contributed by atoms with Crippen LogP contribution in [0.1, 0.15) is 29.1 Å². The van der Waals surface area contributed by atoms with E-state index < -0.39 is 5.97 Å². The van der Waals surface area contributed by atoms with Gasteiger partial charge >= 0.3 is 11.9 Å². The number of carbonyl (C=O) groups is 2. The average Bonchev–Trinajstić information content (AvgIpc) is 2.73. The van der Waals surface area contributed by atoms with Crippen LogP contribution in [0.2, 0.25) is 0 Å². The number of esters is 2. The Morgan fingerprint density at radius 2 is 2.00 bits per heavy atom. The van der Waals surface area contributed by atoms with Crippen LogP contribution in [0.25, 0.3) is 0 Å². The predicted octanol–water partition coefficient (Wildman–Crippen LogP) is 3.21. The van der Waals surface area contributed by atoms with Crippen molar-refractivity contribution in [3.63, 3.8) is 0 Å². The second-order valence-electron chi connectivity index (χ2n) is 3.33. The second-order valence-corrected chi connectivity index (χ2v) is 6.39. The van der Waals surface area contributed by atoms with Gasteiger partial charge in [0, 0.05) is 0 Å². The van der Waals surface area contributed by atoms with Gasteiger partial charge in [-0.15, -0.1) is 23.1 Å². The minimum atomic E-state index is -0.483. The van der Waals surface area contributed by atoms with Crippen LogP contribution in [-0.2, 0) is 14.3 Å². The van der Waals surface area contributed by atoms with Gasteiger partial charge in [-0.1, -0.05) is 0 Å². The predicted molar refractivity (Wildman–Crippen MR) is 80.0 cm³/mol. The van der Waals surface area contributed by atoms with Gasteiger partial charge < -0.3 is 9.47 Å². The standard InChI is InChI=1S/C12H12BrNO4S2/c1-3-17-8(15)6-19-12-7(5-14)9(13)10(20-12)11(16)18-4-2/h3-4,6H2,1-2H3. The number of halogens is 1. The van der Waals surface area contributed by atoms with Gasteiger partial charge in [-0.25, -0.2) is 4.79 Å². The number of nitriles is 1. The molecule has 0 bridgehead atoms. The van der Waals surface area contributed by atoms with Crippen LogP contribution < -0.4 is 0 Å². The summed E-state index contributed by atoms with van der Waals surface area (Å²) >= 11 is 5.53. The average molecular weight is 378 g/mol. The Balaban J connectivity index is 2.92. The van der Waals surface area contributed by atoms with Gasteiger partial charge in [-0.3, -0.25) is 4.79 Å². The number of carbonyl (C=O) groups excluding carboxylic acids is 2. The molecule has 0 unspecified atom stereocenters. The molecule has 0 aliphatic rings. The zero-order chi connectivity index (χ0) is 15.1. The quantitative estimate of drug-likeness (QED) is 0.559. The summed E-state index contributed by atoms with van der Waals surface area (Å²) in [5, 5.41) is 9.14. The van der Waals surface area contributed by atoms with Gasteiger partial charge in [0.05, 0.1) is 33.2 Å². The number of ether oxygens (including phenoxy) is 2. The highest BCUT2D eigenvalue weighted by molar-refractivity contribution is 9.10. The fourth-order valence-electron chi connectivity index (χ4n) is 1.24. The molecule has 1 heterocycles. The van der Waals surface area contributed by atoms with E-state index >= 15 is 0 Å². The molecule has 0 N–H and O–H groups in total. The SMILES string of the molecule is CCOC(=O)CSc1sc(C(=O)OCC)c(Br)c1C#N. The molecular weight excluding hydrogens is 366 g/mol. The molecule has 1 aromatic rings. The van der Waals surface area contributed by atoms with E-state index in [1.54, 1.807) is 13.8 Å². The molecule has 0 aliphatic heterocycles. The van der Waals surface area contributed by atoms with Crippen LogP contribution in [-0.4, -0.2) is 30.9 Å². The molecule has 20 heavy (non-hydrogen) atoms. The Morgan fingerprint density at radius 1 is 1.35 bits per heavy atom. The summed E-state index contributed by atoms with van der Waals surface area (Å²) in [6, 6.07) is 2.02. The minimum Gasteiger partial charge on any atom is -0.465 e. The normalized spacial score (nSPS) is 9.90. The highest BCUT2D eigenvalue weighted by atomic mass is 79.9. The topological polar surface area (TPSA) is 76.4 Å². The van der Waals surface area contributed by atoms with Crippen molar-refractivity contribution in [2.24, 2.45) is 0 Å². The molecule has 0 aliphatic carbocycles. The molecule has 0 amide bonds. The molecule has 0 saturated carbocycles. The first-order chi connectivity index (χ1) is 9.54. The Morgan fingerprint density at radius 3 is 2.55 bits per heavy atom.